The molecule has 0 radical (unpaired) electrons. The lowest BCUT2D eigenvalue weighted by Crippen LogP contribution is -2.17. The quantitative estimate of drug-likeness (QED) is 0.804. The molecule has 1 unspecified atom stereocenters. The van der Waals surface area contributed by atoms with Crippen LogP contribution in [0.25, 0.3) is 5.57 Å². The minimum Gasteiger partial charge on any atom is -0.494 e. The molecule has 2 nitrogen and oxygen atoms in total. The van der Waals surface area contributed by atoms with Crippen LogP contribution in [0.2, 0.25) is 0 Å². The Hall–Kier alpha value is -1.42. The first-order valence-corrected chi connectivity index (χ1v) is 7.52. The molecule has 2 aliphatic rings. The summed E-state index contributed by atoms with van der Waals surface area (Å²) >= 11 is 0. The number of allylic oxidation sites excluding steroid dienone is 1. The molecule has 114 valence electrons. The van der Waals surface area contributed by atoms with Gasteiger partial charge >= 0.3 is 0 Å². The third-order valence-corrected chi connectivity index (χ3v) is 4.24. The van der Waals surface area contributed by atoms with Crippen molar-refractivity contribution in [3.05, 3.63) is 35.4 Å². The highest BCUT2D eigenvalue weighted by Crippen LogP contribution is 2.34. The van der Waals surface area contributed by atoms with E-state index >= 15 is 0 Å². The van der Waals surface area contributed by atoms with Crippen LogP contribution in [0.4, 0.5) is 8.78 Å². The third kappa shape index (κ3) is 3.26. The molecule has 0 bridgehead atoms. The Morgan fingerprint density at radius 1 is 1.14 bits per heavy atom. The highest BCUT2D eigenvalue weighted by molar-refractivity contribution is 5.67. The monoisotopic (exact) mass is 294 g/mol. The number of benzene rings is 1. The highest BCUT2D eigenvalue weighted by Gasteiger charge is 2.25. The first kappa shape index (κ1) is 14.5. The SMILES string of the molecule is COc1ccc(C2=CCC(OCC3CC3)CC2)c(F)c1F. The van der Waals surface area contributed by atoms with Crippen molar-refractivity contribution >= 4 is 5.57 Å². The van der Waals surface area contributed by atoms with E-state index in [4.69, 9.17) is 9.47 Å². The normalized spacial score (nSPS) is 22.0. The van der Waals surface area contributed by atoms with Gasteiger partial charge in [-0.15, -0.1) is 0 Å². The summed E-state index contributed by atoms with van der Waals surface area (Å²) in [7, 11) is 1.33. The van der Waals surface area contributed by atoms with Gasteiger partial charge in [-0.25, -0.2) is 4.39 Å². The molecule has 0 aliphatic heterocycles. The van der Waals surface area contributed by atoms with E-state index in [1.54, 1.807) is 6.07 Å². The second-order valence-corrected chi connectivity index (χ2v) is 5.85. The Kier molecular flexibility index (Phi) is 4.24. The van der Waals surface area contributed by atoms with Gasteiger partial charge in [0.2, 0.25) is 5.82 Å². The minimum atomic E-state index is -0.914. The van der Waals surface area contributed by atoms with Crippen LogP contribution in [0.15, 0.2) is 18.2 Å². The Bertz CT molecular complexity index is 550. The molecule has 0 saturated heterocycles. The first-order valence-electron chi connectivity index (χ1n) is 7.52. The molecule has 0 amide bonds. The zero-order valence-electron chi connectivity index (χ0n) is 12.2. The van der Waals surface area contributed by atoms with E-state index < -0.39 is 11.6 Å². The Morgan fingerprint density at radius 3 is 2.57 bits per heavy atom. The maximum Gasteiger partial charge on any atom is 0.201 e. The molecule has 0 N–H and O–H groups in total. The van der Waals surface area contributed by atoms with Crippen LogP contribution in [0.1, 0.15) is 37.7 Å². The largest absolute Gasteiger partial charge is 0.494 e. The number of hydrogen-bond donors (Lipinski definition) is 0. The summed E-state index contributed by atoms with van der Waals surface area (Å²) in [4.78, 5) is 0. The zero-order chi connectivity index (χ0) is 14.8. The summed E-state index contributed by atoms with van der Waals surface area (Å²) in [5.74, 6) is -1.04. The lowest BCUT2D eigenvalue weighted by atomic mass is 9.91. The molecule has 0 aromatic heterocycles. The van der Waals surface area contributed by atoms with Gasteiger partial charge in [0.05, 0.1) is 13.2 Å². The van der Waals surface area contributed by atoms with Crippen molar-refractivity contribution in [3.8, 4) is 5.75 Å². The van der Waals surface area contributed by atoms with Gasteiger partial charge in [-0.3, -0.25) is 0 Å². The average molecular weight is 294 g/mol. The van der Waals surface area contributed by atoms with Crippen molar-refractivity contribution in [3.63, 3.8) is 0 Å². The van der Waals surface area contributed by atoms with Crippen LogP contribution in [0.5, 0.6) is 5.75 Å². The van der Waals surface area contributed by atoms with E-state index in [2.05, 4.69) is 0 Å². The Labute approximate surface area is 123 Å². The predicted molar refractivity (Wildman–Crippen MR) is 77.2 cm³/mol. The van der Waals surface area contributed by atoms with Crippen LogP contribution in [0, 0.1) is 17.6 Å². The highest BCUT2D eigenvalue weighted by atomic mass is 19.2. The van der Waals surface area contributed by atoms with E-state index in [9.17, 15) is 8.78 Å². The third-order valence-electron chi connectivity index (χ3n) is 4.24. The number of rotatable bonds is 5. The van der Waals surface area contributed by atoms with E-state index in [1.807, 2.05) is 6.08 Å². The Balaban J connectivity index is 1.68. The van der Waals surface area contributed by atoms with E-state index in [0.29, 0.717) is 5.56 Å². The van der Waals surface area contributed by atoms with Crippen LogP contribution >= 0.6 is 0 Å². The molecule has 1 saturated carbocycles. The molecule has 1 fully saturated rings. The molecule has 4 heteroatoms. The fourth-order valence-electron chi connectivity index (χ4n) is 2.70. The molecule has 21 heavy (non-hydrogen) atoms. The maximum atomic E-state index is 14.1. The lowest BCUT2D eigenvalue weighted by Gasteiger charge is -2.23. The zero-order valence-corrected chi connectivity index (χ0v) is 12.2. The second-order valence-electron chi connectivity index (χ2n) is 5.85. The van der Waals surface area contributed by atoms with Gasteiger partial charge in [-0.05, 0) is 55.7 Å². The fraction of sp³-hybridized carbons (Fsp3) is 0.529. The predicted octanol–water partition coefficient (Wildman–Crippen LogP) is 4.34. The summed E-state index contributed by atoms with van der Waals surface area (Å²) in [6.07, 6.45) is 7.12. The van der Waals surface area contributed by atoms with Crippen LogP contribution in [-0.4, -0.2) is 19.8 Å². The van der Waals surface area contributed by atoms with E-state index in [0.717, 1.165) is 37.4 Å². The van der Waals surface area contributed by atoms with Gasteiger partial charge in [0.1, 0.15) is 0 Å². The molecular formula is C17H20F2O2. The molecule has 1 aromatic rings. The van der Waals surface area contributed by atoms with Crippen molar-refractivity contribution in [1.29, 1.82) is 0 Å². The summed E-state index contributed by atoms with van der Waals surface area (Å²) in [5.41, 5.74) is 1.20. The summed E-state index contributed by atoms with van der Waals surface area (Å²) in [6.45, 7) is 0.847. The molecule has 1 atom stereocenters. The fourth-order valence-corrected chi connectivity index (χ4v) is 2.70. The number of ether oxygens (including phenoxy) is 2. The van der Waals surface area contributed by atoms with Crippen LogP contribution in [0.3, 0.4) is 0 Å². The average Bonchev–Trinajstić information content (AvgIpc) is 3.33. The van der Waals surface area contributed by atoms with E-state index in [-0.39, 0.29) is 11.9 Å². The molecule has 1 aromatic carbocycles. The maximum absolute atomic E-state index is 14.1. The van der Waals surface area contributed by atoms with Gasteiger partial charge < -0.3 is 9.47 Å². The number of methoxy groups -OCH3 is 1. The lowest BCUT2D eigenvalue weighted by molar-refractivity contribution is 0.0413. The van der Waals surface area contributed by atoms with E-state index in [1.165, 1.54) is 26.0 Å². The topological polar surface area (TPSA) is 18.5 Å². The summed E-state index contributed by atoms with van der Waals surface area (Å²) in [5, 5.41) is 0. The molecule has 0 heterocycles. The summed E-state index contributed by atoms with van der Waals surface area (Å²) in [6, 6.07) is 3.07. The molecule has 3 rings (SSSR count). The molecular weight excluding hydrogens is 274 g/mol. The van der Waals surface area contributed by atoms with Gasteiger partial charge in [0, 0.05) is 12.2 Å². The first-order chi connectivity index (χ1) is 10.2. The van der Waals surface area contributed by atoms with Crippen LogP contribution < -0.4 is 4.74 Å². The number of hydrogen-bond acceptors (Lipinski definition) is 2. The minimum absolute atomic E-state index is 0.0571. The van der Waals surface area contributed by atoms with Gasteiger partial charge in [-0.2, -0.15) is 4.39 Å². The van der Waals surface area contributed by atoms with Gasteiger partial charge in [-0.1, -0.05) is 6.08 Å². The molecule has 2 aliphatic carbocycles. The van der Waals surface area contributed by atoms with Crippen molar-refractivity contribution in [2.45, 2.75) is 38.2 Å². The van der Waals surface area contributed by atoms with Gasteiger partial charge in [0.15, 0.2) is 11.6 Å². The second kappa shape index (κ2) is 6.14. The Morgan fingerprint density at radius 2 is 1.95 bits per heavy atom. The molecule has 0 spiro atoms. The van der Waals surface area contributed by atoms with Crippen molar-refractivity contribution in [1.82, 2.24) is 0 Å². The van der Waals surface area contributed by atoms with Crippen molar-refractivity contribution in [2.24, 2.45) is 5.92 Å². The summed E-state index contributed by atoms with van der Waals surface area (Å²) < 4.78 is 38.5. The number of halogens is 2. The standard InChI is InChI=1S/C17H20F2O2/c1-20-15-9-8-14(16(18)17(15)19)12-4-6-13(7-5-12)21-10-11-2-3-11/h4,8-9,11,13H,2-3,5-7,10H2,1H3. The van der Waals surface area contributed by atoms with Gasteiger partial charge in [0.25, 0.3) is 0 Å². The van der Waals surface area contributed by atoms with Crippen molar-refractivity contribution < 1.29 is 18.3 Å². The van der Waals surface area contributed by atoms with Crippen molar-refractivity contribution in [2.75, 3.05) is 13.7 Å². The van der Waals surface area contributed by atoms with Crippen LogP contribution in [-0.2, 0) is 4.74 Å². The smallest absolute Gasteiger partial charge is 0.201 e.